The van der Waals surface area contributed by atoms with Crippen LogP contribution in [-0.4, -0.2) is 0 Å². The molecule has 0 bridgehead atoms. The molecule has 0 aliphatic carbocycles. The molecule has 0 saturated carbocycles. The molecule has 0 heterocycles. The normalized spacial score (nSPS) is 10.7. The highest BCUT2D eigenvalue weighted by molar-refractivity contribution is 5.36. The SMILES string of the molecule is CC(C)(C)c1ccc(CC#Cc2ccccc2)cc1. The van der Waals surface area contributed by atoms with Gasteiger partial charge in [0, 0.05) is 12.0 Å². The molecule has 2 rings (SSSR count). The van der Waals surface area contributed by atoms with Gasteiger partial charge in [-0.1, -0.05) is 75.1 Å². The Balaban J connectivity index is 2.03. The lowest BCUT2D eigenvalue weighted by Gasteiger charge is -2.18. The highest BCUT2D eigenvalue weighted by Gasteiger charge is 2.12. The van der Waals surface area contributed by atoms with Crippen molar-refractivity contribution in [2.75, 3.05) is 0 Å². The Morgan fingerprint density at radius 2 is 1.47 bits per heavy atom. The second-order valence-electron chi connectivity index (χ2n) is 5.79. The number of hydrogen-bond donors (Lipinski definition) is 0. The molecule has 0 atom stereocenters. The van der Waals surface area contributed by atoms with Gasteiger partial charge in [-0.05, 0) is 28.7 Å². The molecule has 0 N–H and O–H groups in total. The van der Waals surface area contributed by atoms with Crippen molar-refractivity contribution in [1.82, 2.24) is 0 Å². The van der Waals surface area contributed by atoms with Crippen LogP contribution in [0, 0.1) is 11.8 Å². The van der Waals surface area contributed by atoms with Gasteiger partial charge in [0.2, 0.25) is 0 Å². The minimum Gasteiger partial charge on any atom is -0.0931 e. The van der Waals surface area contributed by atoms with Gasteiger partial charge in [0.1, 0.15) is 0 Å². The van der Waals surface area contributed by atoms with Crippen molar-refractivity contribution in [2.45, 2.75) is 32.6 Å². The van der Waals surface area contributed by atoms with Crippen LogP contribution in [-0.2, 0) is 11.8 Å². The topological polar surface area (TPSA) is 0 Å². The quantitative estimate of drug-likeness (QED) is 0.648. The molecule has 2 aromatic carbocycles. The molecule has 0 nitrogen and oxygen atoms in total. The maximum Gasteiger partial charge on any atom is 0.0344 e. The first-order valence-electron chi connectivity index (χ1n) is 6.69. The third-order valence-electron chi connectivity index (χ3n) is 3.12. The van der Waals surface area contributed by atoms with Gasteiger partial charge in [0.15, 0.2) is 0 Å². The zero-order valence-corrected chi connectivity index (χ0v) is 11.9. The van der Waals surface area contributed by atoms with E-state index in [4.69, 9.17) is 0 Å². The van der Waals surface area contributed by atoms with Gasteiger partial charge in [-0.3, -0.25) is 0 Å². The molecule has 96 valence electrons. The van der Waals surface area contributed by atoms with E-state index >= 15 is 0 Å². The molecule has 0 spiro atoms. The minimum atomic E-state index is 0.217. The molecule has 0 saturated heterocycles. The van der Waals surface area contributed by atoms with Crippen molar-refractivity contribution in [1.29, 1.82) is 0 Å². The van der Waals surface area contributed by atoms with E-state index in [-0.39, 0.29) is 5.41 Å². The van der Waals surface area contributed by atoms with Crippen LogP contribution in [0.4, 0.5) is 0 Å². The van der Waals surface area contributed by atoms with Gasteiger partial charge in [0.05, 0.1) is 0 Å². The lowest BCUT2D eigenvalue weighted by atomic mass is 9.86. The van der Waals surface area contributed by atoms with E-state index in [1.807, 2.05) is 30.3 Å². The summed E-state index contributed by atoms with van der Waals surface area (Å²) in [6, 6.07) is 18.9. The summed E-state index contributed by atoms with van der Waals surface area (Å²) < 4.78 is 0. The molecular weight excluding hydrogens is 228 g/mol. The Morgan fingerprint density at radius 1 is 0.842 bits per heavy atom. The Morgan fingerprint density at radius 3 is 2.05 bits per heavy atom. The Bertz CT molecular complexity index is 572. The smallest absolute Gasteiger partial charge is 0.0344 e. The minimum absolute atomic E-state index is 0.217. The van der Waals surface area contributed by atoms with E-state index in [1.54, 1.807) is 0 Å². The van der Waals surface area contributed by atoms with Gasteiger partial charge in [-0.25, -0.2) is 0 Å². The van der Waals surface area contributed by atoms with Gasteiger partial charge < -0.3 is 0 Å². The van der Waals surface area contributed by atoms with Crippen LogP contribution < -0.4 is 0 Å². The fourth-order valence-corrected chi connectivity index (χ4v) is 1.89. The van der Waals surface area contributed by atoms with Crippen molar-refractivity contribution in [3.63, 3.8) is 0 Å². The van der Waals surface area contributed by atoms with Crippen molar-refractivity contribution in [2.24, 2.45) is 0 Å². The van der Waals surface area contributed by atoms with Gasteiger partial charge in [-0.2, -0.15) is 0 Å². The van der Waals surface area contributed by atoms with Crippen molar-refractivity contribution in [3.8, 4) is 11.8 Å². The monoisotopic (exact) mass is 248 g/mol. The molecule has 0 fully saturated rings. The molecule has 2 aromatic rings. The second kappa shape index (κ2) is 5.76. The highest BCUT2D eigenvalue weighted by Crippen LogP contribution is 2.22. The molecule has 0 aromatic heterocycles. The standard InChI is InChI=1S/C19H20/c1-19(2,3)18-14-12-17(13-15-18)11-7-10-16-8-5-4-6-9-16/h4-6,8-9,12-15H,11H2,1-3H3. The molecular formula is C19H20. The third-order valence-corrected chi connectivity index (χ3v) is 3.12. The molecule has 0 radical (unpaired) electrons. The van der Waals surface area contributed by atoms with Crippen molar-refractivity contribution >= 4 is 0 Å². The lowest BCUT2D eigenvalue weighted by molar-refractivity contribution is 0.590. The van der Waals surface area contributed by atoms with E-state index in [2.05, 4.69) is 56.9 Å². The van der Waals surface area contributed by atoms with Gasteiger partial charge >= 0.3 is 0 Å². The maximum absolute atomic E-state index is 3.23. The molecule has 0 unspecified atom stereocenters. The summed E-state index contributed by atoms with van der Waals surface area (Å²) in [7, 11) is 0. The van der Waals surface area contributed by atoms with Gasteiger partial charge in [0.25, 0.3) is 0 Å². The third kappa shape index (κ3) is 4.00. The number of hydrogen-bond acceptors (Lipinski definition) is 0. The van der Waals surface area contributed by atoms with E-state index in [9.17, 15) is 0 Å². The lowest BCUT2D eigenvalue weighted by Crippen LogP contribution is -2.10. The Labute approximate surface area is 116 Å². The van der Waals surface area contributed by atoms with Crippen LogP contribution in [0.3, 0.4) is 0 Å². The van der Waals surface area contributed by atoms with Crippen LogP contribution in [0.1, 0.15) is 37.5 Å². The Kier molecular flexibility index (Phi) is 4.07. The Hall–Kier alpha value is -2.00. The molecule has 0 aliphatic rings. The van der Waals surface area contributed by atoms with Gasteiger partial charge in [-0.15, -0.1) is 0 Å². The summed E-state index contributed by atoms with van der Waals surface area (Å²) in [6.07, 6.45) is 0.805. The molecule has 0 heteroatoms. The van der Waals surface area contributed by atoms with Crippen LogP contribution in [0.5, 0.6) is 0 Å². The van der Waals surface area contributed by atoms with E-state index in [0.29, 0.717) is 0 Å². The summed E-state index contributed by atoms with van der Waals surface area (Å²) in [4.78, 5) is 0. The number of benzene rings is 2. The molecule has 0 amide bonds. The first kappa shape index (κ1) is 13.4. The molecule has 0 aliphatic heterocycles. The average Bonchev–Trinajstić information content (AvgIpc) is 2.39. The maximum atomic E-state index is 3.23. The predicted octanol–water partition coefficient (Wildman–Crippen LogP) is 4.58. The van der Waals surface area contributed by atoms with Crippen LogP contribution in [0.25, 0.3) is 0 Å². The fourth-order valence-electron chi connectivity index (χ4n) is 1.89. The molecule has 19 heavy (non-hydrogen) atoms. The summed E-state index contributed by atoms with van der Waals surface area (Å²) in [5.41, 5.74) is 3.94. The first-order valence-corrected chi connectivity index (χ1v) is 6.69. The predicted molar refractivity (Wildman–Crippen MR) is 82.2 cm³/mol. The van der Waals surface area contributed by atoms with Crippen molar-refractivity contribution in [3.05, 3.63) is 71.3 Å². The highest BCUT2D eigenvalue weighted by atomic mass is 14.2. The number of rotatable bonds is 1. The summed E-state index contributed by atoms with van der Waals surface area (Å²) >= 11 is 0. The van der Waals surface area contributed by atoms with E-state index < -0.39 is 0 Å². The summed E-state index contributed by atoms with van der Waals surface area (Å²) in [5, 5.41) is 0. The van der Waals surface area contributed by atoms with E-state index in [0.717, 1.165) is 12.0 Å². The second-order valence-corrected chi connectivity index (χ2v) is 5.79. The van der Waals surface area contributed by atoms with E-state index in [1.165, 1.54) is 11.1 Å². The average molecular weight is 248 g/mol. The van der Waals surface area contributed by atoms with Crippen molar-refractivity contribution < 1.29 is 0 Å². The fraction of sp³-hybridized carbons (Fsp3) is 0.263. The zero-order valence-electron chi connectivity index (χ0n) is 11.9. The van der Waals surface area contributed by atoms with Crippen LogP contribution >= 0.6 is 0 Å². The van der Waals surface area contributed by atoms with Crippen LogP contribution in [0.2, 0.25) is 0 Å². The summed E-state index contributed by atoms with van der Waals surface area (Å²) in [6.45, 7) is 6.70. The summed E-state index contributed by atoms with van der Waals surface area (Å²) in [5.74, 6) is 6.41. The van der Waals surface area contributed by atoms with Crippen LogP contribution in [0.15, 0.2) is 54.6 Å². The largest absolute Gasteiger partial charge is 0.0931 e. The first-order chi connectivity index (χ1) is 9.05. The zero-order chi connectivity index (χ0) is 13.7.